The van der Waals surface area contributed by atoms with Crippen LogP contribution in [0.2, 0.25) is 0 Å². The second-order valence-electron chi connectivity index (χ2n) is 5.72. The highest BCUT2D eigenvalue weighted by atomic mass is 19.1. The number of hydrogen-bond acceptors (Lipinski definition) is 3. The molecule has 3 rings (SSSR count). The first-order chi connectivity index (χ1) is 11.5. The Balaban J connectivity index is 2.11. The van der Waals surface area contributed by atoms with Gasteiger partial charge in [0.05, 0.1) is 17.0 Å². The van der Waals surface area contributed by atoms with Crippen molar-refractivity contribution in [3.8, 4) is 11.1 Å². The van der Waals surface area contributed by atoms with Gasteiger partial charge in [-0.2, -0.15) is 5.10 Å². The molecule has 0 saturated heterocycles. The van der Waals surface area contributed by atoms with Crippen LogP contribution in [0.5, 0.6) is 0 Å². The second kappa shape index (κ2) is 6.39. The van der Waals surface area contributed by atoms with E-state index in [0.29, 0.717) is 17.8 Å². The Hall–Kier alpha value is -2.76. The molecule has 0 saturated carbocycles. The summed E-state index contributed by atoms with van der Waals surface area (Å²) in [6.45, 7) is 6.34. The lowest BCUT2D eigenvalue weighted by atomic mass is 10.1. The van der Waals surface area contributed by atoms with Gasteiger partial charge >= 0.3 is 0 Å². The summed E-state index contributed by atoms with van der Waals surface area (Å²) in [6.07, 6.45) is 2.44. The Kier molecular flexibility index (Phi) is 4.29. The third-order valence-electron chi connectivity index (χ3n) is 3.97. The number of aromatic nitrogens is 3. The highest BCUT2D eigenvalue weighted by Gasteiger charge is 2.18. The number of nitrogens with one attached hydrogen (secondary N) is 1. The first kappa shape index (κ1) is 16.1. The molecule has 0 radical (unpaired) electrons. The predicted octanol–water partition coefficient (Wildman–Crippen LogP) is 3.29. The summed E-state index contributed by atoms with van der Waals surface area (Å²) in [5.74, 6) is -0.438. The molecule has 1 amide bonds. The maximum Gasteiger partial charge on any atom is 0.254 e. The van der Waals surface area contributed by atoms with E-state index in [1.807, 2.05) is 20.8 Å². The fourth-order valence-corrected chi connectivity index (χ4v) is 2.71. The van der Waals surface area contributed by atoms with E-state index in [1.54, 1.807) is 22.8 Å². The molecule has 5 nitrogen and oxygen atoms in total. The van der Waals surface area contributed by atoms with Crippen molar-refractivity contribution in [2.45, 2.75) is 27.2 Å². The molecular weight excluding hydrogens is 307 g/mol. The largest absolute Gasteiger partial charge is 0.352 e. The molecule has 2 heterocycles. The van der Waals surface area contributed by atoms with Crippen LogP contribution in [0.1, 0.15) is 35.1 Å². The average molecular weight is 326 g/mol. The molecule has 6 heteroatoms. The van der Waals surface area contributed by atoms with Gasteiger partial charge in [-0.05, 0) is 38.0 Å². The fourth-order valence-electron chi connectivity index (χ4n) is 2.71. The van der Waals surface area contributed by atoms with E-state index in [-0.39, 0.29) is 11.7 Å². The van der Waals surface area contributed by atoms with Crippen molar-refractivity contribution in [2.75, 3.05) is 6.54 Å². The Morgan fingerprint density at radius 1 is 1.25 bits per heavy atom. The normalized spacial score (nSPS) is 11.0. The minimum atomic E-state index is -0.285. The smallest absolute Gasteiger partial charge is 0.254 e. The van der Waals surface area contributed by atoms with Crippen molar-refractivity contribution >= 4 is 11.6 Å². The number of fused-ring (bicyclic) bond motifs is 1. The summed E-state index contributed by atoms with van der Waals surface area (Å²) in [7, 11) is 0. The lowest BCUT2D eigenvalue weighted by Gasteiger charge is -2.08. The van der Waals surface area contributed by atoms with Crippen LogP contribution in [0.4, 0.5) is 4.39 Å². The Labute approximate surface area is 139 Å². The van der Waals surface area contributed by atoms with E-state index in [9.17, 15) is 9.18 Å². The van der Waals surface area contributed by atoms with E-state index in [4.69, 9.17) is 0 Å². The lowest BCUT2D eigenvalue weighted by Crippen LogP contribution is -2.25. The molecule has 24 heavy (non-hydrogen) atoms. The summed E-state index contributed by atoms with van der Waals surface area (Å²) >= 11 is 0. The van der Waals surface area contributed by atoms with Gasteiger partial charge in [-0.25, -0.2) is 13.9 Å². The summed E-state index contributed by atoms with van der Waals surface area (Å²) in [5, 5.41) is 7.37. The molecule has 3 aromatic rings. The number of rotatable bonds is 4. The number of aryl methyl sites for hydroxylation is 2. The van der Waals surface area contributed by atoms with Crippen LogP contribution in [-0.2, 0) is 0 Å². The van der Waals surface area contributed by atoms with E-state index in [2.05, 4.69) is 15.4 Å². The maximum absolute atomic E-state index is 13.2. The van der Waals surface area contributed by atoms with Crippen LogP contribution < -0.4 is 5.32 Å². The highest BCUT2D eigenvalue weighted by Crippen LogP contribution is 2.28. The minimum absolute atomic E-state index is 0.153. The quantitative estimate of drug-likeness (QED) is 0.800. The fraction of sp³-hybridized carbons (Fsp3) is 0.278. The molecule has 0 unspecified atom stereocenters. The van der Waals surface area contributed by atoms with Gasteiger partial charge in [0.1, 0.15) is 5.82 Å². The number of halogens is 1. The Morgan fingerprint density at radius 2 is 1.96 bits per heavy atom. The molecular formula is C18H19FN4O. The first-order valence-corrected chi connectivity index (χ1v) is 7.92. The second-order valence-corrected chi connectivity index (χ2v) is 5.72. The molecule has 0 aliphatic heterocycles. The zero-order valence-electron chi connectivity index (χ0n) is 13.9. The number of carbonyl (C=O) groups is 1. The summed E-state index contributed by atoms with van der Waals surface area (Å²) in [5.41, 5.74) is 4.36. The topological polar surface area (TPSA) is 59.3 Å². The molecule has 0 spiro atoms. The van der Waals surface area contributed by atoms with Gasteiger partial charge in [0.25, 0.3) is 5.91 Å². The number of hydrogen-bond donors (Lipinski definition) is 1. The minimum Gasteiger partial charge on any atom is -0.352 e. The zero-order chi connectivity index (χ0) is 17.3. The molecule has 0 fully saturated rings. The molecule has 1 aromatic carbocycles. The number of benzene rings is 1. The first-order valence-electron chi connectivity index (χ1n) is 7.92. The molecule has 0 aliphatic rings. The van der Waals surface area contributed by atoms with Crippen molar-refractivity contribution in [1.82, 2.24) is 19.9 Å². The van der Waals surface area contributed by atoms with Crippen LogP contribution in [0.3, 0.4) is 0 Å². The van der Waals surface area contributed by atoms with Crippen molar-refractivity contribution in [3.05, 3.63) is 53.2 Å². The van der Waals surface area contributed by atoms with E-state index in [0.717, 1.165) is 28.9 Å². The van der Waals surface area contributed by atoms with E-state index < -0.39 is 0 Å². The summed E-state index contributed by atoms with van der Waals surface area (Å²) in [6, 6.07) is 6.24. The predicted molar refractivity (Wildman–Crippen MR) is 90.5 cm³/mol. The zero-order valence-corrected chi connectivity index (χ0v) is 13.9. The van der Waals surface area contributed by atoms with Gasteiger partial charge in [-0.15, -0.1) is 0 Å². The third kappa shape index (κ3) is 2.75. The van der Waals surface area contributed by atoms with Gasteiger partial charge in [0, 0.05) is 18.3 Å². The van der Waals surface area contributed by atoms with Crippen LogP contribution in [-0.4, -0.2) is 27.0 Å². The third-order valence-corrected chi connectivity index (χ3v) is 3.97. The van der Waals surface area contributed by atoms with Crippen LogP contribution in [0, 0.1) is 19.7 Å². The standard InChI is InChI=1S/C18H19FN4O/c1-4-9-20-18(24)15-10-21-17-16(11(2)22-23(17)12(15)3)13-5-7-14(19)8-6-13/h5-8,10H,4,9H2,1-3H3,(H,20,24). The van der Waals surface area contributed by atoms with Gasteiger partial charge < -0.3 is 5.32 Å². The molecule has 0 atom stereocenters. The summed E-state index contributed by atoms with van der Waals surface area (Å²) < 4.78 is 14.8. The van der Waals surface area contributed by atoms with Gasteiger partial charge in [-0.3, -0.25) is 4.79 Å². The van der Waals surface area contributed by atoms with E-state index >= 15 is 0 Å². The SMILES string of the molecule is CCCNC(=O)c1cnc2c(-c3ccc(F)cc3)c(C)nn2c1C. The van der Waals surface area contributed by atoms with Gasteiger partial charge in [-0.1, -0.05) is 19.1 Å². The monoisotopic (exact) mass is 326 g/mol. The summed E-state index contributed by atoms with van der Waals surface area (Å²) in [4.78, 5) is 16.7. The number of nitrogens with zero attached hydrogens (tertiary/aromatic N) is 3. The van der Waals surface area contributed by atoms with Gasteiger partial charge in [0.2, 0.25) is 0 Å². The highest BCUT2D eigenvalue weighted by molar-refractivity contribution is 5.95. The Morgan fingerprint density at radius 3 is 2.62 bits per heavy atom. The molecule has 124 valence electrons. The molecule has 0 bridgehead atoms. The van der Waals surface area contributed by atoms with Crippen LogP contribution in [0.25, 0.3) is 16.8 Å². The van der Waals surface area contributed by atoms with Crippen molar-refractivity contribution in [2.24, 2.45) is 0 Å². The van der Waals surface area contributed by atoms with Crippen molar-refractivity contribution in [3.63, 3.8) is 0 Å². The Bertz CT molecular complexity index is 900. The number of amides is 1. The molecule has 2 aromatic heterocycles. The average Bonchev–Trinajstić information content (AvgIpc) is 2.91. The van der Waals surface area contributed by atoms with E-state index in [1.165, 1.54) is 12.1 Å². The van der Waals surface area contributed by atoms with Crippen LogP contribution in [0.15, 0.2) is 30.5 Å². The molecule has 1 N–H and O–H groups in total. The number of carbonyl (C=O) groups excluding carboxylic acids is 1. The van der Waals surface area contributed by atoms with Crippen molar-refractivity contribution in [1.29, 1.82) is 0 Å². The van der Waals surface area contributed by atoms with Gasteiger partial charge in [0.15, 0.2) is 5.65 Å². The molecule has 0 aliphatic carbocycles. The maximum atomic E-state index is 13.2. The lowest BCUT2D eigenvalue weighted by molar-refractivity contribution is 0.0952. The van der Waals surface area contributed by atoms with Crippen LogP contribution >= 0.6 is 0 Å². The van der Waals surface area contributed by atoms with Crippen molar-refractivity contribution < 1.29 is 9.18 Å².